The van der Waals surface area contributed by atoms with Gasteiger partial charge in [0.15, 0.2) is 5.82 Å². The van der Waals surface area contributed by atoms with Gasteiger partial charge in [0, 0.05) is 29.6 Å². The summed E-state index contributed by atoms with van der Waals surface area (Å²) in [6, 6.07) is 5.22. The van der Waals surface area contributed by atoms with Gasteiger partial charge in [-0.2, -0.15) is 4.98 Å². The van der Waals surface area contributed by atoms with E-state index < -0.39 is 0 Å². The zero-order chi connectivity index (χ0) is 14.8. The Hall–Kier alpha value is -1.46. The fourth-order valence-corrected chi connectivity index (χ4v) is 2.53. The zero-order valence-corrected chi connectivity index (χ0v) is 12.6. The van der Waals surface area contributed by atoms with Crippen LogP contribution in [0, 0.1) is 5.82 Å². The van der Waals surface area contributed by atoms with Gasteiger partial charge in [-0.25, -0.2) is 4.39 Å². The quantitative estimate of drug-likeness (QED) is 0.818. The summed E-state index contributed by atoms with van der Waals surface area (Å²) in [7, 11) is 0. The van der Waals surface area contributed by atoms with Gasteiger partial charge in [-0.3, -0.25) is 4.90 Å². The Bertz CT molecular complexity index is 607. The maximum Gasteiger partial charge on any atom is 0.240 e. The lowest BCUT2D eigenvalue weighted by atomic mass is 10.2. The number of benzene rings is 1. The van der Waals surface area contributed by atoms with Gasteiger partial charge in [0.05, 0.1) is 6.54 Å². The van der Waals surface area contributed by atoms with Gasteiger partial charge in [-0.05, 0) is 25.0 Å². The van der Waals surface area contributed by atoms with Crippen molar-refractivity contribution in [2.24, 2.45) is 0 Å². The van der Waals surface area contributed by atoms with E-state index in [2.05, 4.69) is 15.0 Å². The van der Waals surface area contributed by atoms with Crippen molar-refractivity contribution in [2.45, 2.75) is 45.3 Å². The first-order valence-corrected chi connectivity index (χ1v) is 7.53. The van der Waals surface area contributed by atoms with Crippen LogP contribution >= 0.6 is 11.6 Å². The Kier molecular flexibility index (Phi) is 4.22. The third-order valence-electron chi connectivity index (χ3n) is 3.65. The third-order valence-corrected chi connectivity index (χ3v) is 4.01. The predicted molar refractivity (Wildman–Crippen MR) is 77.4 cm³/mol. The summed E-state index contributed by atoms with van der Waals surface area (Å²) in [5.74, 6) is 1.00. The Morgan fingerprint density at radius 2 is 2.19 bits per heavy atom. The lowest BCUT2D eigenvalue weighted by molar-refractivity contribution is 0.207. The molecule has 6 heteroatoms. The molecule has 3 rings (SSSR count). The summed E-state index contributed by atoms with van der Waals surface area (Å²) >= 11 is 6.11. The van der Waals surface area contributed by atoms with Crippen molar-refractivity contribution in [3.63, 3.8) is 0 Å². The van der Waals surface area contributed by atoms with E-state index in [0.29, 0.717) is 41.4 Å². The second-order valence-corrected chi connectivity index (χ2v) is 5.70. The molecular weight excluding hydrogens is 293 g/mol. The second-order valence-electron chi connectivity index (χ2n) is 5.29. The smallest absolute Gasteiger partial charge is 0.240 e. The van der Waals surface area contributed by atoms with E-state index in [4.69, 9.17) is 16.1 Å². The van der Waals surface area contributed by atoms with Crippen LogP contribution in [0.3, 0.4) is 0 Å². The van der Waals surface area contributed by atoms with Gasteiger partial charge in [-0.15, -0.1) is 0 Å². The summed E-state index contributed by atoms with van der Waals surface area (Å²) in [5, 5.41) is 4.36. The molecule has 2 aromatic rings. The first-order valence-electron chi connectivity index (χ1n) is 7.15. The van der Waals surface area contributed by atoms with Crippen molar-refractivity contribution < 1.29 is 8.91 Å². The number of aromatic nitrogens is 2. The van der Waals surface area contributed by atoms with Crippen LogP contribution in [0.5, 0.6) is 0 Å². The third kappa shape index (κ3) is 3.41. The van der Waals surface area contributed by atoms with Crippen molar-refractivity contribution in [2.75, 3.05) is 0 Å². The number of nitrogens with zero attached hydrogens (tertiary/aromatic N) is 3. The minimum atomic E-state index is -0.270. The number of halogens is 2. The SMILES string of the molecule is CCc1noc(CN(Cc2c(F)cccc2Cl)C2CC2)n1. The molecule has 1 heterocycles. The molecular formula is C15H17ClFN3O. The van der Waals surface area contributed by atoms with Gasteiger partial charge in [0.2, 0.25) is 5.89 Å². The minimum absolute atomic E-state index is 0.270. The van der Waals surface area contributed by atoms with Crippen molar-refractivity contribution in [3.8, 4) is 0 Å². The van der Waals surface area contributed by atoms with Gasteiger partial charge in [0.1, 0.15) is 5.82 Å². The predicted octanol–water partition coefficient (Wildman–Crippen LogP) is 3.59. The van der Waals surface area contributed by atoms with E-state index in [0.717, 1.165) is 19.3 Å². The molecule has 1 aliphatic rings. The van der Waals surface area contributed by atoms with Gasteiger partial charge in [-0.1, -0.05) is 29.7 Å². The lowest BCUT2D eigenvalue weighted by Crippen LogP contribution is -2.26. The molecule has 1 saturated carbocycles. The summed E-state index contributed by atoms with van der Waals surface area (Å²) in [5.41, 5.74) is 0.529. The molecule has 21 heavy (non-hydrogen) atoms. The number of hydrogen-bond acceptors (Lipinski definition) is 4. The highest BCUT2D eigenvalue weighted by molar-refractivity contribution is 6.31. The molecule has 0 radical (unpaired) electrons. The van der Waals surface area contributed by atoms with Crippen LogP contribution < -0.4 is 0 Å². The average Bonchev–Trinajstić information content (AvgIpc) is 3.22. The normalized spacial score (nSPS) is 14.9. The van der Waals surface area contributed by atoms with Crippen molar-refractivity contribution in [1.29, 1.82) is 0 Å². The van der Waals surface area contributed by atoms with Crippen molar-refractivity contribution in [3.05, 3.63) is 46.3 Å². The standard InChI is InChI=1S/C15H17ClFN3O/c1-2-14-18-15(21-19-14)9-20(10-6-7-10)8-11-12(16)4-3-5-13(11)17/h3-5,10H,2,6-9H2,1H3. The molecule has 0 spiro atoms. The van der Waals surface area contributed by atoms with Crippen molar-refractivity contribution >= 4 is 11.6 Å². The molecule has 0 saturated heterocycles. The largest absolute Gasteiger partial charge is 0.338 e. The molecule has 4 nitrogen and oxygen atoms in total. The minimum Gasteiger partial charge on any atom is -0.338 e. The molecule has 0 atom stereocenters. The van der Waals surface area contributed by atoms with E-state index in [1.165, 1.54) is 6.07 Å². The number of rotatable bonds is 6. The number of hydrogen-bond donors (Lipinski definition) is 0. The summed E-state index contributed by atoms with van der Waals surface area (Å²) in [6.07, 6.45) is 2.97. The average molecular weight is 310 g/mol. The van der Waals surface area contributed by atoms with E-state index in [1.807, 2.05) is 6.92 Å². The van der Waals surface area contributed by atoms with Gasteiger partial charge >= 0.3 is 0 Å². The lowest BCUT2D eigenvalue weighted by Gasteiger charge is -2.20. The Labute approximate surface area is 127 Å². The zero-order valence-electron chi connectivity index (χ0n) is 11.9. The van der Waals surface area contributed by atoms with E-state index in [-0.39, 0.29) is 5.82 Å². The monoisotopic (exact) mass is 309 g/mol. The Morgan fingerprint density at radius 1 is 1.38 bits per heavy atom. The first kappa shape index (κ1) is 14.5. The molecule has 0 N–H and O–H groups in total. The van der Waals surface area contributed by atoms with Crippen LogP contribution in [-0.2, 0) is 19.5 Å². The second kappa shape index (κ2) is 6.12. The highest BCUT2D eigenvalue weighted by Gasteiger charge is 2.31. The van der Waals surface area contributed by atoms with E-state index in [9.17, 15) is 4.39 Å². The molecule has 0 aliphatic heterocycles. The topological polar surface area (TPSA) is 42.2 Å². The summed E-state index contributed by atoms with van der Waals surface area (Å²) in [4.78, 5) is 6.47. The van der Waals surface area contributed by atoms with Crippen LogP contribution in [-0.4, -0.2) is 21.1 Å². The van der Waals surface area contributed by atoms with Crippen molar-refractivity contribution in [1.82, 2.24) is 15.0 Å². The molecule has 112 valence electrons. The molecule has 1 aromatic carbocycles. The highest BCUT2D eigenvalue weighted by atomic mass is 35.5. The fourth-order valence-electron chi connectivity index (χ4n) is 2.31. The fraction of sp³-hybridized carbons (Fsp3) is 0.467. The summed E-state index contributed by atoms with van der Waals surface area (Å²) < 4.78 is 19.2. The van der Waals surface area contributed by atoms with Gasteiger partial charge < -0.3 is 4.52 Å². The van der Waals surface area contributed by atoms with Crippen LogP contribution in [0.4, 0.5) is 4.39 Å². The Morgan fingerprint density at radius 3 is 2.81 bits per heavy atom. The van der Waals surface area contributed by atoms with E-state index in [1.54, 1.807) is 12.1 Å². The van der Waals surface area contributed by atoms with E-state index >= 15 is 0 Å². The number of aryl methyl sites for hydroxylation is 1. The molecule has 0 unspecified atom stereocenters. The maximum atomic E-state index is 13.9. The molecule has 1 aromatic heterocycles. The maximum absolute atomic E-state index is 13.9. The van der Waals surface area contributed by atoms with Crippen LogP contribution in [0.15, 0.2) is 22.7 Å². The summed E-state index contributed by atoms with van der Waals surface area (Å²) in [6.45, 7) is 2.97. The first-order chi connectivity index (χ1) is 10.2. The molecule has 0 amide bonds. The van der Waals surface area contributed by atoms with Crippen LogP contribution in [0.2, 0.25) is 5.02 Å². The van der Waals surface area contributed by atoms with Crippen LogP contribution in [0.25, 0.3) is 0 Å². The van der Waals surface area contributed by atoms with Gasteiger partial charge in [0.25, 0.3) is 0 Å². The Balaban J connectivity index is 1.76. The highest BCUT2D eigenvalue weighted by Crippen LogP contribution is 2.31. The molecule has 1 fully saturated rings. The molecule has 0 bridgehead atoms. The molecule has 1 aliphatic carbocycles. The van der Waals surface area contributed by atoms with Crippen LogP contribution in [0.1, 0.15) is 37.0 Å².